The van der Waals surface area contributed by atoms with Crippen molar-refractivity contribution in [3.8, 4) is 5.75 Å². The van der Waals surface area contributed by atoms with Crippen LogP contribution in [0.1, 0.15) is 25.3 Å². The van der Waals surface area contributed by atoms with E-state index in [2.05, 4.69) is 4.98 Å². The van der Waals surface area contributed by atoms with Crippen molar-refractivity contribution in [3.63, 3.8) is 0 Å². The number of ether oxygens (including phenoxy) is 1. The number of allylic oxidation sites excluding steroid dienone is 3. The van der Waals surface area contributed by atoms with Gasteiger partial charge >= 0.3 is 12.3 Å². The fourth-order valence-corrected chi connectivity index (χ4v) is 6.39. The summed E-state index contributed by atoms with van der Waals surface area (Å²) in [4.78, 5) is 35.8. The van der Waals surface area contributed by atoms with Crippen molar-refractivity contribution in [3.05, 3.63) is 76.7 Å². The van der Waals surface area contributed by atoms with Gasteiger partial charge in [0.1, 0.15) is 23.6 Å². The molecule has 2 aliphatic heterocycles. The predicted molar refractivity (Wildman–Crippen MR) is 154 cm³/mol. The third kappa shape index (κ3) is 6.69. The van der Waals surface area contributed by atoms with E-state index in [1.807, 2.05) is 4.90 Å². The summed E-state index contributed by atoms with van der Waals surface area (Å²) in [6, 6.07) is 6.81. The lowest BCUT2D eigenvalue weighted by molar-refractivity contribution is -0.138. The van der Waals surface area contributed by atoms with Gasteiger partial charge in [-0.2, -0.15) is 13.2 Å². The number of likely N-dealkylation sites (tertiary alicyclic amines) is 1. The van der Waals surface area contributed by atoms with E-state index in [9.17, 15) is 31.5 Å². The minimum atomic E-state index is -4.47. The summed E-state index contributed by atoms with van der Waals surface area (Å²) in [6.45, 7) is 3.04. The Balaban J connectivity index is 1.29. The minimum Gasteiger partial charge on any atom is -0.410 e. The zero-order valence-corrected chi connectivity index (χ0v) is 24.9. The summed E-state index contributed by atoms with van der Waals surface area (Å²) in [5, 5.41) is 0.0853. The van der Waals surface area contributed by atoms with E-state index in [1.54, 1.807) is 24.9 Å². The molecular weight excluding hydrogens is 607 g/mol. The third-order valence-corrected chi connectivity index (χ3v) is 9.07. The molecule has 3 heterocycles. The first-order valence-corrected chi connectivity index (χ1v) is 14.7. The van der Waals surface area contributed by atoms with Gasteiger partial charge in [0, 0.05) is 57.2 Å². The second-order valence-corrected chi connectivity index (χ2v) is 11.9. The molecule has 2 unspecified atom stereocenters. The van der Waals surface area contributed by atoms with Crippen LogP contribution in [0.25, 0.3) is 0 Å². The first-order valence-electron chi connectivity index (χ1n) is 14.3. The third-order valence-electron chi connectivity index (χ3n) is 8.74. The number of halogens is 6. The van der Waals surface area contributed by atoms with Crippen LogP contribution in [0.3, 0.4) is 0 Å². The van der Waals surface area contributed by atoms with Crippen LogP contribution in [0.4, 0.5) is 32.6 Å². The van der Waals surface area contributed by atoms with Gasteiger partial charge in [0.25, 0.3) is 0 Å². The second-order valence-electron chi connectivity index (χ2n) is 11.4. The molecule has 0 radical (unpaired) electrons. The van der Waals surface area contributed by atoms with E-state index in [0.29, 0.717) is 31.7 Å². The lowest BCUT2D eigenvalue weighted by Crippen LogP contribution is -2.46. The minimum absolute atomic E-state index is 0.0853. The lowest BCUT2D eigenvalue weighted by Gasteiger charge is -2.34. The van der Waals surface area contributed by atoms with Gasteiger partial charge in [0.15, 0.2) is 0 Å². The standard InChI is InChI=1S/C31H32ClF5N4O3/c1-18-23(8-9-25(32)28(18)34)24-16-41(17-26(24)39(2)30(43)44-22-6-4-21(33)5-7-22)29(42)19-11-13-40(14-12-19)27-10-3-20(15-38-27)31(35,36)37/h3-10,15,18-19,24,26,28H,11-14,16-17H2,1-2H3/t18?,24-,26+,28?/m0/s1. The molecule has 1 aromatic carbocycles. The number of hydrogen-bond donors (Lipinski definition) is 0. The molecule has 2 amide bonds. The lowest BCUT2D eigenvalue weighted by atomic mass is 9.80. The summed E-state index contributed by atoms with van der Waals surface area (Å²) in [5.41, 5.74) is -0.0953. The number of benzene rings is 1. The molecule has 1 aromatic heterocycles. The molecule has 0 saturated carbocycles. The van der Waals surface area contributed by atoms with E-state index in [4.69, 9.17) is 16.3 Å². The maximum atomic E-state index is 15.0. The van der Waals surface area contributed by atoms with Crippen LogP contribution in [0.15, 0.2) is 65.4 Å². The molecule has 5 rings (SSSR count). The monoisotopic (exact) mass is 638 g/mol. The molecule has 3 aliphatic rings. The zero-order valence-electron chi connectivity index (χ0n) is 24.1. The average Bonchev–Trinajstić information content (AvgIpc) is 3.45. The average molecular weight is 639 g/mol. The quantitative estimate of drug-likeness (QED) is 0.352. The van der Waals surface area contributed by atoms with Crippen molar-refractivity contribution >= 4 is 29.4 Å². The van der Waals surface area contributed by atoms with Crippen LogP contribution in [0.2, 0.25) is 0 Å². The predicted octanol–water partition coefficient (Wildman–Crippen LogP) is 6.45. The molecular formula is C31H32ClF5N4O3. The van der Waals surface area contributed by atoms with Crippen LogP contribution in [-0.4, -0.2) is 72.2 Å². The Kier molecular flexibility index (Phi) is 9.20. The first-order chi connectivity index (χ1) is 20.8. The van der Waals surface area contributed by atoms with Crippen molar-refractivity contribution in [1.82, 2.24) is 14.8 Å². The first kappa shape index (κ1) is 31.7. The van der Waals surface area contributed by atoms with Crippen molar-refractivity contribution in [2.45, 2.75) is 38.2 Å². The molecule has 4 atom stereocenters. The number of alkyl halides is 4. The van der Waals surface area contributed by atoms with Gasteiger partial charge in [-0.25, -0.2) is 18.6 Å². The second kappa shape index (κ2) is 12.7. The highest BCUT2D eigenvalue weighted by atomic mass is 35.5. The fourth-order valence-electron chi connectivity index (χ4n) is 6.14. The Morgan fingerprint density at radius 1 is 1.05 bits per heavy atom. The number of amides is 2. The molecule has 0 bridgehead atoms. The van der Waals surface area contributed by atoms with Crippen LogP contribution in [0, 0.1) is 23.6 Å². The Morgan fingerprint density at radius 3 is 2.34 bits per heavy atom. The van der Waals surface area contributed by atoms with Crippen molar-refractivity contribution in [2.75, 3.05) is 38.1 Å². The van der Waals surface area contributed by atoms with E-state index in [0.717, 1.165) is 17.8 Å². The summed E-state index contributed by atoms with van der Waals surface area (Å²) in [7, 11) is 1.55. The van der Waals surface area contributed by atoms with E-state index < -0.39 is 47.7 Å². The normalized spacial score (nSPS) is 24.5. The number of carbonyl (C=O) groups is 2. The maximum Gasteiger partial charge on any atom is 0.417 e. The molecule has 2 saturated heterocycles. The number of anilines is 1. The number of piperidine rings is 1. The number of rotatable bonds is 5. The SMILES string of the molecule is CC1C([C@@H]2CN(C(=O)C3CCN(c4ccc(C(F)(F)F)cn4)CC3)C[C@H]2N(C)C(=O)Oc2ccc(F)cc2)=CC=C(Cl)C1F. The van der Waals surface area contributed by atoms with Gasteiger partial charge in [0.05, 0.1) is 16.6 Å². The number of aromatic nitrogens is 1. The molecule has 2 fully saturated rings. The maximum absolute atomic E-state index is 15.0. The highest BCUT2D eigenvalue weighted by Gasteiger charge is 2.45. The van der Waals surface area contributed by atoms with Gasteiger partial charge in [-0.1, -0.05) is 30.2 Å². The van der Waals surface area contributed by atoms with Gasteiger partial charge in [-0.15, -0.1) is 0 Å². The van der Waals surface area contributed by atoms with Crippen molar-refractivity contribution < 1.29 is 36.3 Å². The highest BCUT2D eigenvalue weighted by molar-refractivity contribution is 6.30. The number of carbonyl (C=O) groups excluding carboxylic acids is 2. The van der Waals surface area contributed by atoms with Gasteiger partial charge < -0.3 is 19.4 Å². The number of hydrogen-bond acceptors (Lipinski definition) is 5. The zero-order chi connectivity index (χ0) is 31.8. The number of nitrogens with zero attached hydrogens (tertiary/aromatic N) is 4. The molecule has 7 nitrogen and oxygen atoms in total. The Morgan fingerprint density at radius 2 is 1.73 bits per heavy atom. The Bertz CT molecular complexity index is 1430. The molecule has 1 aliphatic carbocycles. The summed E-state index contributed by atoms with van der Waals surface area (Å²) < 4.78 is 72.5. The van der Waals surface area contributed by atoms with E-state index >= 15 is 0 Å². The van der Waals surface area contributed by atoms with Crippen molar-refractivity contribution in [2.24, 2.45) is 17.8 Å². The Labute approximate surface area is 256 Å². The largest absolute Gasteiger partial charge is 0.417 e. The molecule has 13 heteroatoms. The molecule has 0 N–H and O–H groups in total. The van der Waals surface area contributed by atoms with Crippen LogP contribution in [-0.2, 0) is 11.0 Å². The smallest absolute Gasteiger partial charge is 0.410 e. The topological polar surface area (TPSA) is 66.0 Å². The Hall–Kier alpha value is -3.67. The van der Waals surface area contributed by atoms with Crippen LogP contribution < -0.4 is 9.64 Å². The fraction of sp³-hybridized carbons (Fsp3) is 0.452. The highest BCUT2D eigenvalue weighted by Crippen LogP contribution is 2.40. The number of pyridine rings is 1. The van der Waals surface area contributed by atoms with E-state index in [1.165, 1.54) is 41.3 Å². The van der Waals surface area contributed by atoms with Crippen molar-refractivity contribution in [1.29, 1.82) is 0 Å². The van der Waals surface area contributed by atoms with Crippen LogP contribution >= 0.6 is 11.6 Å². The summed E-state index contributed by atoms with van der Waals surface area (Å²) in [5.74, 6) is -1.31. The molecule has 44 heavy (non-hydrogen) atoms. The van der Waals surface area contributed by atoms with E-state index in [-0.39, 0.29) is 35.7 Å². The van der Waals surface area contributed by atoms with Gasteiger partial charge in [-0.05, 0) is 55.3 Å². The molecule has 2 aromatic rings. The van der Waals surface area contributed by atoms with Gasteiger partial charge in [0.2, 0.25) is 5.91 Å². The summed E-state index contributed by atoms with van der Waals surface area (Å²) in [6.07, 6.45) is -1.58. The molecule has 0 spiro atoms. The van der Waals surface area contributed by atoms with Crippen LogP contribution in [0.5, 0.6) is 5.75 Å². The molecule has 236 valence electrons. The summed E-state index contributed by atoms with van der Waals surface area (Å²) >= 11 is 6.06. The number of likely N-dealkylation sites (N-methyl/N-ethyl adjacent to an activating group) is 1. The van der Waals surface area contributed by atoms with Gasteiger partial charge in [-0.3, -0.25) is 4.79 Å².